The van der Waals surface area contributed by atoms with Gasteiger partial charge in [0, 0.05) is 46.0 Å². The Kier molecular flexibility index (Phi) is 13.8. The van der Waals surface area contributed by atoms with Crippen molar-refractivity contribution in [1.82, 2.24) is 0 Å². The molecule has 10 aliphatic rings. The van der Waals surface area contributed by atoms with Crippen LogP contribution >= 0.6 is 188 Å². The Balaban J connectivity index is 1.30. The van der Waals surface area contributed by atoms with Crippen LogP contribution in [0.15, 0.2) is 50.8 Å². The minimum atomic E-state index is 0.248. The molecule has 0 atom stereocenters. The van der Waals surface area contributed by atoms with E-state index in [2.05, 4.69) is 244 Å². The zero-order chi connectivity index (χ0) is 33.9. The Morgan fingerprint density at radius 3 is 0.479 bits per heavy atom. The highest BCUT2D eigenvalue weighted by molar-refractivity contribution is 8.46. The molecule has 0 amide bonds. The molecule has 10 heterocycles. The van der Waals surface area contributed by atoms with Gasteiger partial charge in [-0.25, -0.2) is 0 Å². The van der Waals surface area contributed by atoms with Gasteiger partial charge in [0.1, 0.15) is 0 Å². The van der Waals surface area contributed by atoms with E-state index in [-0.39, 0.29) is 21.7 Å². The van der Waals surface area contributed by atoms with Crippen molar-refractivity contribution in [2.75, 3.05) is 46.0 Å². The van der Waals surface area contributed by atoms with Gasteiger partial charge < -0.3 is 0 Å². The Morgan fingerprint density at radius 1 is 0.229 bits per heavy atom. The Bertz CT molecular complexity index is 1220. The van der Waals surface area contributed by atoms with Crippen molar-refractivity contribution in [2.24, 2.45) is 21.7 Å². The molecule has 0 unspecified atom stereocenters. The summed E-state index contributed by atoms with van der Waals surface area (Å²) in [4.78, 5) is 0. The summed E-state index contributed by atoms with van der Waals surface area (Å²) in [5.41, 5.74) is 0.993. The first-order valence-electron chi connectivity index (χ1n) is 15.5. The van der Waals surface area contributed by atoms with Crippen molar-refractivity contribution in [3.05, 3.63) is 50.8 Å². The molecule has 0 aromatic carbocycles. The molecule has 0 N–H and O–H groups in total. The van der Waals surface area contributed by atoms with Gasteiger partial charge in [0.15, 0.2) is 0 Å². The Hall–Kier alpha value is 4.04. The summed E-state index contributed by atoms with van der Waals surface area (Å²) in [7, 11) is 0. The highest BCUT2D eigenvalue weighted by Gasteiger charge is 2.38. The fraction of sp³-hybridized carbons (Fsp3) is 0.625. The molecule has 264 valence electrons. The molecule has 12 bridgehead atoms. The van der Waals surface area contributed by atoms with Crippen LogP contribution in [0.4, 0.5) is 0 Å². The van der Waals surface area contributed by atoms with E-state index in [4.69, 9.17) is 0 Å². The van der Waals surface area contributed by atoms with Gasteiger partial charge in [0.25, 0.3) is 0 Å². The molecule has 0 aromatic heterocycles. The summed E-state index contributed by atoms with van der Waals surface area (Å²) < 4.78 is 18.5. The van der Waals surface area contributed by atoms with Crippen molar-refractivity contribution >= 4 is 188 Å². The smallest absolute Gasteiger partial charge is 0.0717 e. The second-order valence-corrected chi connectivity index (χ2v) is 34.4. The van der Waals surface area contributed by atoms with Gasteiger partial charge in [-0.15, -0.1) is 94.1 Å². The quantitative estimate of drug-likeness (QED) is 0.226. The summed E-state index contributed by atoms with van der Waals surface area (Å²) in [5.74, 6) is 9.24. The molecule has 10 aliphatic heterocycles. The monoisotopic (exact) mass is 936 g/mol. The van der Waals surface area contributed by atoms with Crippen LogP contribution in [0.2, 0.25) is 0 Å². The molecule has 16 heteroatoms. The third-order valence-corrected chi connectivity index (χ3v) is 34.5. The molecule has 0 aliphatic carbocycles. The van der Waals surface area contributed by atoms with Crippen LogP contribution in [0.5, 0.6) is 0 Å². The molecule has 0 saturated carbocycles. The molecule has 48 heavy (non-hydrogen) atoms. The highest BCUT2D eigenvalue weighted by atomic mass is 32.3. The summed E-state index contributed by atoms with van der Waals surface area (Å²) in [6.07, 6.45) is 0. The van der Waals surface area contributed by atoms with E-state index in [0.717, 1.165) is 46.0 Å². The molecule has 10 rings (SSSR count). The van der Waals surface area contributed by atoms with E-state index in [1.54, 1.807) is 33.9 Å². The maximum atomic E-state index is 2.49. The Morgan fingerprint density at radius 2 is 0.354 bits per heavy atom. The number of hydrogen-bond acceptors (Lipinski definition) is 16. The third kappa shape index (κ3) is 10.3. The Labute approximate surface area is 357 Å². The molecule has 0 saturated heterocycles. The van der Waals surface area contributed by atoms with E-state index in [1.165, 1.54) is 16.9 Å². The van der Waals surface area contributed by atoms with E-state index >= 15 is 0 Å². The fourth-order valence-corrected chi connectivity index (χ4v) is 29.6. The summed E-state index contributed by atoms with van der Waals surface area (Å²) >= 11 is 33.7. The van der Waals surface area contributed by atoms with Crippen molar-refractivity contribution in [1.29, 1.82) is 0 Å². The van der Waals surface area contributed by atoms with Crippen LogP contribution in [0.25, 0.3) is 0 Å². The van der Waals surface area contributed by atoms with Crippen molar-refractivity contribution in [2.45, 2.75) is 55.4 Å². The summed E-state index contributed by atoms with van der Waals surface area (Å²) in [6.45, 7) is 19.9. The number of hydrogen-bond donors (Lipinski definition) is 0. The van der Waals surface area contributed by atoms with Crippen LogP contribution in [0, 0.1) is 21.7 Å². The van der Waals surface area contributed by atoms with Gasteiger partial charge in [-0.2, -0.15) is 0 Å². The van der Waals surface area contributed by atoms with Gasteiger partial charge in [-0.1, -0.05) is 149 Å². The lowest BCUT2D eigenvalue weighted by Gasteiger charge is -2.26. The first kappa shape index (κ1) is 40.2. The molecular weight excluding hydrogens is 897 g/mol. The third-order valence-electron chi connectivity index (χ3n) is 7.24. The maximum absolute atomic E-state index is 2.49. The predicted molar refractivity (Wildman–Crippen MR) is 258 cm³/mol. The zero-order valence-electron chi connectivity index (χ0n) is 28.2. The standard InChI is InChI=1S/C32H40S16/c1-29(2)9-33-17-19-35-11-30(3,4)12-36-20-18(34-10-29)42-26(44-20)28-46-22-24(48-28)40-16-32(7,8)15-39-23-21(37-13-31(5,6)14-38-22)45-27(47-23)25(41-17)43-19/h9-16H2,1-8H3. The molecule has 0 aromatic rings. The normalized spacial score (nSPS) is 29.5. The van der Waals surface area contributed by atoms with Gasteiger partial charge in [-0.3, -0.25) is 0 Å². The largest absolute Gasteiger partial charge is 0.117 e. The van der Waals surface area contributed by atoms with Crippen LogP contribution in [-0.2, 0) is 0 Å². The lowest BCUT2D eigenvalue weighted by Crippen LogP contribution is -2.19. The van der Waals surface area contributed by atoms with Gasteiger partial charge in [0.05, 0.1) is 50.8 Å². The maximum Gasteiger partial charge on any atom is 0.0717 e. The topological polar surface area (TPSA) is 0 Å². The minimum Gasteiger partial charge on any atom is -0.117 e. The molecule has 0 radical (unpaired) electrons. The van der Waals surface area contributed by atoms with E-state index in [1.807, 2.05) is 0 Å². The van der Waals surface area contributed by atoms with Crippen LogP contribution in [-0.4, -0.2) is 46.0 Å². The predicted octanol–water partition coefficient (Wildman–Crippen LogP) is 16.7. The SMILES string of the molecule is CC1(C)CSC2=C3SCC(C)(C)CSC4=C(SC1)SC(=C1SC5=C(SCC(C)(C)CSC6=C(SCC(C)(C)CS5)SC(=C(S2)S3)S6)S1)S4. The van der Waals surface area contributed by atoms with Gasteiger partial charge in [-0.05, 0) is 21.7 Å². The molecule has 0 nitrogen and oxygen atoms in total. The molecule has 0 spiro atoms. The summed E-state index contributed by atoms with van der Waals surface area (Å²) in [6, 6.07) is 0. The average molecular weight is 938 g/mol. The minimum absolute atomic E-state index is 0.248. The fourth-order valence-electron chi connectivity index (χ4n) is 4.38. The van der Waals surface area contributed by atoms with Crippen molar-refractivity contribution in [3.8, 4) is 0 Å². The van der Waals surface area contributed by atoms with Crippen LogP contribution in [0.3, 0.4) is 0 Å². The number of rotatable bonds is 0. The van der Waals surface area contributed by atoms with E-state index < -0.39 is 0 Å². The zero-order valence-corrected chi connectivity index (χ0v) is 41.3. The van der Waals surface area contributed by atoms with E-state index in [0.29, 0.717) is 0 Å². The van der Waals surface area contributed by atoms with Crippen molar-refractivity contribution < 1.29 is 0 Å². The molecule has 0 fully saturated rings. The van der Waals surface area contributed by atoms with Crippen molar-refractivity contribution in [3.63, 3.8) is 0 Å². The van der Waals surface area contributed by atoms with E-state index in [9.17, 15) is 0 Å². The summed E-state index contributed by atoms with van der Waals surface area (Å²) in [5, 5.41) is 0. The lowest BCUT2D eigenvalue weighted by molar-refractivity contribution is 0.492. The van der Waals surface area contributed by atoms with Crippen LogP contribution in [0.1, 0.15) is 55.4 Å². The molecular formula is C32H40S16. The number of thioether (sulfide) groups is 16. The first-order chi connectivity index (χ1) is 22.6. The second kappa shape index (κ2) is 16.5. The first-order valence-corrected chi connectivity index (χ1v) is 30.0. The second-order valence-electron chi connectivity index (χ2n) is 15.2. The highest BCUT2D eigenvalue weighted by Crippen LogP contribution is 2.70. The lowest BCUT2D eigenvalue weighted by atomic mass is 10.0. The van der Waals surface area contributed by atoms with Crippen LogP contribution < -0.4 is 0 Å². The average Bonchev–Trinajstić information content (AvgIpc) is 3.80. The van der Waals surface area contributed by atoms with Gasteiger partial charge in [0.2, 0.25) is 0 Å². The van der Waals surface area contributed by atoms with Gasteiger partial charge >= 0.3 is 0 Å².